The van der Waals surface area contributed by atoms with Crippen LogP contribution in [-0.2, 0) is 4.74 Å². The Hall–Kier alpha value is -2.31. The van der Waals surface area contributed by atoms with E-state index in [4.69, 9.17) is 9.47 Å². The number of amides is 2. The number of likely N-dealkylation sites (tertiary alicyclic amines) is 1. The van der Waals surface area contributed by atoms with E-state index in [2.05, 4.69) is 18.8 Å². The van der Waals surface area contributed by atoms with Crippen molar-refractivity contribution in [2.45, 2.75) is 45.1 Å². The fraction of sp³-hybridized carbons (Fsp3) is 0.650. The molecule has 0 radical (unpaired) electrons. The highest BCUT2D eigenvalue weighted by molar-refractivity contribution is 5.94. The van der Waals surface area contributed by atoms with Crippen molar-refractivity contribution in [2.24, 2.45) is 5.92 Å². The largest absolute Gasteiger partial charge is 0.481 e. The van der Waals surface area contributed by atoms with Crippen LogP contribution in [0.15, 0.2) is 18.3 Å². The maximum Gasteiger partial charge on any atom is 0.410 e. The Labute approximate surface area is 160 Å². The van der Waals surface area contributed by atoms with E-state index < -0.39 is 5.60 Å². The molecule has 7 nitrogen and oxygen atoms in total. The fourth-order valence-electron chi connectivity index (χ4n) is 3.91. The number of hydrogen-bond acceptors (Lipinski definition) is 5. The number of hydrogen-bond donors (Lipinski definition) is 0. The van der Waals surface area contributed by atoms with Crippen LogP contribution in [0.25, 0.3) is 0 Å². The minimum atomic E-state index is -0.449. The van der Waals surface area contributed by atoms with Crippen molar-refractivity contribution >= 4 is 12.0 Å². The summed E-state index contributed by atoms with van der Waals surface area (Å²) in [6.07, 6.45) is 4.83. The maximum absolute atomic E-state index is 12.7. The van der Waals surface area contributed by atoms with Gasteiger partial charge in [-0.1, -0.05) is 26.7 Å². The molecule has 2 saturated heterocycles. The first-order valence-corrected chi connectivity index (χ1v) is 9.77. The average molecular weight is 375 g/mol. The standard InChI is InChI=1S/C20H29N3O4/c1-4-15(5-2)13-23-14-20(27-19(23)25)7-10-22(11-8-20)18(24)16-6-9-21-17(12-16)26-3/h6,9,12,15H,4-5,7-8,10-11,13-14H2,1-3H3. The maximum atomic E-state index is 12.7. The molecule has 148 valence electrons. The Bertz CT molecular complexity index is 682. The van der Waals surface area contributed by atoms with E-state index in [-0.39, 0.29) is 12.0 Å². The van der Waals surface area contributed by atoms with Gasteiger partial charge >= 0.3 is 6.09 Å². The quantitative estimate of drug-likeness (QED) is 0.764. The third-order valence-electron chi connectivity index (χ3n) is 5.83. The second kappa shape index (κ2) is 8.15. The summed E-state index contributed by atoms with van der Waals surface area (Å²) in [7, 11) is 1.53. The molecule has 0 aliphatic carbocycles. The van der Waals surface area contributed by atoms with Crippen LogP contribution in [0.4, 0.5) is 4.79 Å². The first kappa shape index (κ1) is 19.5. The predicted molar refractivity (Wildman–Crippen MR) is 101 cm³/mol. The van der Waals surface area contributed by atoms with Gasteiger partial charge in [0.25, 0.3) is 5.91 Å². The third kappa shape index (κ3) is 4.17. The number of carbonyl (C=O) groups excluding carboxylic acids is 2. The first-order valence-electron chi connectivity index (χ1n) is 9.77. The minimum Gasteiger partial charge on any atom is -0.481 e. The predicted octanol–water partition coefficient (Wildman–Crippen LogP) is 2.95. The number of aromatic nitrogens is 1. The van der Waals surface area contributed by atoms with Gasteiger partial charge < -0.3 is 19.3 Å². The lowest BCUT2D eigenvalue weighted by Crippen LogP contribution is -2.49. The molecule has 1 aromatic heterocycles. The lowest BCUT2D eigenvalue weighted by molar-refractivity contribution is 0.00310. The smallest absolute Gasteiger partial charge is 0.410 e. The van der Waals surface area contributed by atoms with Crippen LogP contribution in [0.3, 0.4) is 0 Å². The first-order chi connectivity index (χ1) is 13.0. The second-order valence-electron chi connectivity index (χ2n) is 7.49. The van der Waals surface area contributed by atoms with Gasteiger partial charge in [0.2, 0.25) is 5.88 Å². The van der Waals surface area contributed by atoms with Crippen molar-refractivity contribution in [2.75, 3.05) is 33.3 Å². The van der Waals surface area contributed by atoms with Crippen molar-refractivity contribution in [3.63, 3.8) is 0 Å². The number of piperidine rings is 1. The molecule has 0 unspecified atom stereocenters. The molecule has 0 N–H and O–H groups in total. The van der Waals surface area contributed by atoms with Crippen LogP contribution < -0.4 is 4.74 Å². The summed E-state index contributed by atoms with van der Waals surface area (Å²) in [5.74, 6) is 0.899. The number of nitrogens with zero attached hydrogens (tertiary/aromatic N) is 3. The van der Waals surface area contributed by atoms with Gasteiger partial charge in [-0.15, -0.1) is 0 Å². The van der Waals surface area contributed by atoms with Crippen molar-refractivity contribution in [1.29, 1.82) is 0 Å². The number of rotatable bonds is 6. The van der Waals surface area contributed by atoms with Crippen LogP contribution in [0.5, 0.6) is 5.88 Å². The highest BCUT2D eigenvalue weighted by atomic mass is 16.6. The molecule has 1 aromatic rings. The van der Waals surface area contributed by atoms with Gasteiger partial charge in [0.1, 0.15) is 5.60 Å². The van der Waals surface area contributed by atoms with Crippen LogP contribution in [-0.4, -0.2) is 65.7 Å². The van der Waals surface area contributed by atoms with Gasteiger partial charge in [-0.05, 0) is 12.0 Å². The summed E-state index contributed by atoms with van der Waals surface area (Å²) in [5, 5.41) is 0. The molecule has 0 bridgehead atoms. The molecule has 27 heavy (non-hydrogen) atoms. The van der Waals surface area contributed by atoms with Crippen LogP contribution in [0.2, 0.25) is 0 Å². The molecular weight excluding hydrogens is 346 g/mol. The Morgan fingerprint density at radius 1 is 1.33 bits per heavy atom. The monoisotopic (exact) mass is 375 g/mol. The zero-order valence-corrected chi connectivity index (χ0v) is 16.4. The Morgan fingerprint density at radius 2 is 2.04 bits per heavy atom. The van der Waals surface area contributed by atoms with E-state index in [9.17, 15) is 9.59 Å². The average Bonchev–Trinajstić information content (AvgIpc) is 3.00. The van der Waals surface area contributed by atoms with Crippen LogP contribution in [0.1, 0.15) is 49.9 Å². The molecule has 0 aromatic carbocycles. The van der Waals surface area contributed by atoms with Crippen molar-refractivity contribution < 1.29 is 19.1 Å². The summed E-state index contributed by atoms with van der Waals surface area (Å²) in [4.78, 5) is 32.8. The molecule has 3 heterocycles. The molecule has 2 aliphatic heterocycles. The molecule has 0 atom stereocenters. The number of pyridine rings is 1. The Morgan fingerprint density at radius 3 is 2.67 bits per heavy atom. The summed E-state index contributed by atoms with van der Waals surface area (Å²) in [5.41, 5.74) is 0.118. The highest BCUT2D eigenvalue weighted by Gasteiger charge is 2.47. The topological polar surface area (TPSA) is 72.0 Å². The lowest BCUT2D eigenvalue weighted by atomic mass is 9.90. The van der Waals surface area contributed by atoms with Gasteiger partial charge in [-0.25, -0.2) is 9.78 Å². The van der Waals surface area contributed by atoms with Crippen LogP contribution >= 0.6 is 0 Å². The summed E-state index contributed by atoms with van der Waals surface area (Å²) < 4.78 is 10.9. The zero-order valence-electron chi connectivity index (χ0n) is 16.4. The number of ether oxygens (including phenoxy) is 2. The second-order valence-corrected chi connectivity index (χ2v) is 7.49. The highest BCUT2D eigenvalue weighted by Crippen LogP contribution is 2.34. The minimum absolute atomic E-state index is 0.0382. The Kier molecular flexibility index (Phi) is 5.87. The zero-order chi connectivity index (χ0) is 19.4. The van der Waals surface area contributed by atoms with E-state index in [1.807, 2.05) is 9.80 Å². The molecule has 2 aliphatic rings. The van der Waals surface area contributed by atoms with Crippen molar-refractivity contribution in [1.82, 2.24) is 14.8 Å². The van der Waals surface area contributed by atoms with Gasteiger partial charge in [0, 0.05) is 50.3 Å². The van der Waals surface area contributed by atoms with E-state index >= 15 is 0 Å². The SMILES string of the molecule is CCC(CC)CN1CC2(CCN(C(=O)c3ccnc(OC)c3)CC2)OC1=O. The molecule has 2 fully saturated rings. The molecule has 0 saturated carbocycles. The van der Waals surface area contributed by atoms with E-state index in [1.54, 1.807) is 18.3 Å². The Balaban J connectivity index is 1.60. The van der Waals surface area contributed by atoms with Crippen molar-refractivity contribution in [3.05, 3.63) is 23.9 Å². The third-order valence-corrected chi connectivity index (χ3v) is 5.83. The van der Waals surface area contributed by atoms with E-state index in [0.29, 0.717) is 49.8 Å². The molecule has 7 heteroatoms. The normalized spacial score (nSPS) is 18.9. The lowest BCUT2D eigenvalue weighted by Gasteiger charge is -2.37. The summed E-state index contributed by atoms with van der Waals surface area (Å²) in [6, 6.07) is 3.35. The van der Waals surface area contributed by atoms with Gasteiger partial charge in [-0.2, -0.15) is 0 Å². The van der Waals surface area contributed by atoms with E-state index in [0.717, 1.165) is 19.4 Å². The summed E-state index contributed by atoms with van der Waals surface area (Å²) in [6.45, 7) is 6.86. The number of methoxy groups -OCH3 is 1. The van der Waals surface area contributed by atoms with Gasteiger partial charge in [-0.3, -0.25) is 4.79 Å². The molecular formula is C20H29N3O4. The van der Waals surface area contributed by atoms with Crippen LogP contribution in [0, 0.1) is 5.92 Å². The van der Waals surface area contributed by atoms with Gasteiger partial charge in [0.05, 0.1) is 13.7 Å². The van der Waals surface area contributed by atoms with Gasteiger partial charge in [0.15, 0.2) is 0 Å². The number of carbonyl (C=O) groups is 2. The molecule has 1 spiro atoms. The van der Waals surface area contributed by atoms with E-state index in [1.165, 1.54) is 7.11 Å². The molecule has 2 amide bonds. The molecule has 3 rings (SSSR count). The fourth-order valence-corrected chi connectivity index (χ4v) is 3.91. The summed E-state index contributed by atoms with van der Waals surface area (Å²) >= 11 is 0. The van der Waals surface area contributed by atoms with Crippen molar-refractivity contribution in [3.8, 4) is 5.88 Å².